The zero-order valence-corrected chi connectivity index (χ0v) is 24.2. The van der Waals surface area contributed by atoms with E-state index >= 15 is 0 Å². The van der Waals surface area contributed by atoms with Crippen LogP contribution in [-0.4, -0.2) is 13.2 Å². The normalized spacial score (nSPS) is 10.6. The van der Waals surface area contributed by atoms with Crippen molar-refractivity contribution < 1.29 is 18.9 Å². The molecule has 196 valence electrons. The Kier molecular flexibility index (Phi) is 10.7. The second-order valence-corrected chi connectivity index (χ2v) is 9.82. The summed E-state index contributed by atoms with van der Waals surface area (Å²) in [5, 5.41) is 1.67. The monoisotopic (exact) mass is 636 g/mol. The summed E-state index contributed by atoms with van der Waals surface area (Å²) >= 11 is 6.94. The lowest BCUT2D eigenvalue weighted by molar-refractivity contribution is 0.254. The highest BCUT2D eigenvalue weighted by Crippen LogP contribution is 2.29. The Morgan fingerprint density at radius 3 is 1.13 bits per heavy atom. The topological polar surface area (TPSA) is 36.9 Å². The molecular weight excluding hydrogens is 608 g/mol. The van der Waals surface area contributed by atoms with E-state index in [4.69, 9.17) is 18.9 Å². The van der Waals surface area contributed by atoms with Crippen LogP contribution in [0.5, 0.6) is 23.0 Å². The number of benzene rings is 4. The number of rotatable bonds is 14. The maximum atomic E-state index is 6.03. The molecule has 0 atom stereocenters. The Hall–Kier alpha value is -3.22. The average molecular weight is 638 g/mol. The fourth-order valence-electron chi connectivity index (χ4n) is 3.55. The molecule has 6 heteroatoms. The molecule has 0 aliphatic carbocycles. The molecule has 0 N–H and O–H groups in total. The predicted molar refractivity (Wildman–Crippen MR) is 160 cm³/mol. The molecule has 0 amide bonds. The Bertz CT molecular complexity index is 1200. The highest BCUT2D eigenvalue weighted by atomic mass is 79.9. The maximum absolute atomic E-state index is 6.03. The third-order valence-electron chi connectivity index (χ3n) is 5.71. The van der Waals surface area contributed by atoms with Crippen molar-refractivity contribution in [3.8, 4) is 23.0 Å². The lowest BCUT2D eigenvalue weighted by Gasteiger charge is -2.16. The molecule has 4 rings (SSSR count). The van der Waals surface area contributed by atoms with Gasteiger partial charge in [0.05, 0.1) is 0 Å². The molecule has 0 bridgehead atoms. The van der Waals surface area contributed by atoms with Gasteiger partial charge < -0.3 is 18.9 Å². The maximum Gasteiger partial charge on any atom is 0.161 e. The van der Waals surface area contributed by atoms with E-state index < -0.39 is 0 Å². The quantitative estimate of drug-likeness (QED) is 0.102. The number of hydrogen-bond acceptors (Lipinski definition) is 4. The van der Waals surface area contributed by atoms with Crippen LogP contribution >= 0.6 is 31.9 Å². The molecular formula is C32H30Br2O4. The van der Waals surface area contributed by atoms with Gasteiger partial charge in [-0.3, -0.25) is 0 Å². The van der Waals surface area contributed by atoms with Gasteiger partial charge in [-0.15, -0.1) is 0 Å². The molecule has 4 nitrogen and oxygen atoms in total. The summed E-state index contributed by atoms with van der Waals surface area (Å²) < 4.78 is 24.1. The van der Waals surface area contributed by atoms with Gasteiger partial charge in [-0.25, -0.2) is 0 Å². The van der Waals surface area contributed by atoms with E-state index in [0.29, 0.717) is 49.4 Å². The standard InChI is InChI=1S/C32H30Br2O4/c1-24(20-35-29-6-2-4-8-31(29)37-22-27-14-10-25(18-33)11-15-27)21-36-30-7-3-5-9-32(30)38-23-28-16-12-26(19-34)13-17-28/h2-17H,1,18-23H2. The average Bonchev–Trinajstić information content (AvgIpc) is 2.98. The van der Waals surface area contributed by atoms with Crippen LogP contribution in [-0.2, 0) is 23.9 Å². The zero-order chi connectivity index (χ0) is 26.6. The summed E-state index contributed by atoms with van der Waals surface area (Å²) in [6.45, 7) is 5.67. The highest BCUT2D eigenvalue weighted by Gasteiger charge is 2.09. The van der Waals surface area contributed by atoms with Crippen molar-refractivity contribution >= 4 is 31.9 Å². The minimum atomic E-state index is 0.309. The molecule has 0 spiro atoms. The highest BCUT2D eigenvalue weighted by molar-refractivity contribution is 9.08. The summed E-state index contributed by atoms with van der Waals surface area (Å²) in [5.41, 5.74) is 5.45. The minimum Gasteiger partial charge on any atom is -0.485 e. The second kappa shape index (κ2) is 14.6. The van der Waals surface area contributed by atoms with E-state index in [1.807, 2.05) is 48.5 Å². The van der Waals surface area contributed by atoms with Crippen molar-refractivity contribution in [2.24, 2.45) is 0 Å². The third-order valence-corrected chi connectivity index (χ3v) is 7.00. The molecule has 0 unspecified atom stereocenters. The molecule has 38 heavy (non-hydrogen) atoms. The molecule has 4 aromatic rings. The fraction of sp³-hybridized carbons (Fsp3) is 0.188. The number of halogens is 2. The van der Waals surface area contributed by atoms with Gasteiger partial charge in [-0.05, 0) is 52.1 Å². The van der Waals surface area contributed by atoms with Gasteiger partial charge >= 0.3 is 0 Å². The largest absolute Gasteiger partial charge is 0.485 e. The van der Waals surface area contributed by atoms with Gasteiger partial charge in [0.25, 0.3) is 0 Å². The Balaban J connectivity index is 1.26. The van der Waals surface area contributed by atoms with Crippen LogP contribution in [0.2, 0.25) is 0 Å². The first-order valence-corrected chi connectivity index (χ1v) is 14.5. The first-order valence-electron chi connectivity index (χ1n) is 12.3. The van der Waals surface area contributed by atoms with Crippen LogP contribution in [0, 0.1) is 0 Å². The van der Waals surface area contributed by atoms with Crippen LogP contribution in [0.1, 0.15) is 22.3 Å². The van der Waals surface area contributed by atoms with Gasteiger partial charge in [0.15, 0.2) is 23.0 Å². The van der Waals surface area contributed by atoms with Crippen molar-refractivity contribution in [3.05, 3.63) is 131 Å². The number of ether oxygens (including phenoxy) is 4. The minimum absolute atomic E-state index is 0.309. The third kappa shape index (κ3) is 8.40. The first-order chi connectivity index (χ1) is 18.6. The summed E-state index contributed by atoms with van der Waals surface area (Å²) in [6, 6.07) is 31.9. The van der Waals surface area contributed by atoms with Crippen LogP contribution in [0.3, 0.4) is 0 Å². The first kappa shape index (κ1) is 27.8. The molecule has 0 fully saturated rings. The zero-order valence-electron chi connectivity index (χ0n) is 21.1. The summed E-state index contributed by atoms with van der Waals surface area (Å²) in [7, 11) is 0. The lowest BCUT2D eigenvalue weighted by Crippen LogP contribution is -2.10. The smallest absolute Gasteiger partial charge is 0.161 e. The van der Waals surface area contributed by atoms with Gasteiger partial charge in [-0.2, -0.15) is 0 Å². The molecule has 0 saturated heterocycles. The van der Waals surface area contributed by atoms with Crippen molar-refractivity contribution in [1.82, 2.24) is 0 Å². The van der Waals surface area contributed by atoms with E-state index in [-0.39, 0.29) is 0 Å². The molecule has 0 radical (unpaired) electrons. The Morgan fingerprint density at radius 1 is 0.474 bits per heavy atom. The van der Waals surface area contributed by atoms with Crippen LogP contribution in [0.4, 0.5) is 0 Å². The van der Waals surface area contributed by atoms with Crippen molar-refractivity contribution in [1.29, 1.82) is 0 Å². The summed E-state index contributed by atoms with van der Waals surface area (Å²) in [6.07, 6.45) is 0. The SMILES string of the molecule is C=C(COc1ccccc1OCc1ccc(CBr)cc1)COc1ccccc1OCc1ccc(CBr)cc1. The lowest BCUT2D eigenvalue weighted by atomic mass is 10.2. The number of alkyl halides is 2. The van der Waals surface area contributed by atoms with Crippen LogP contribution in [0.25, 0.3) is 0 Å². The molecule has 4 aromatic carbocycles. The Labute approximate surface area is 241 Å². The van der Waals surface area contributed by atoms with E-state index in [9.17, 15) is 0 Å². The molecule has 0 aliphatic rings. The number of hydrogen-bond donors (Lipinski definition) is 0. The molecule has 0 saturated carbocycles. The summed E-state index contributed by atoms with van der Waals surface area (Å²) in [4.78, 5) is 0. The van der Waals surface area contributed by atoms with Crippen LogP contribution in [0.15, 0.2) is 109 Å². The van der Waals surface area contributed by atoms with Crippen LogP contribution < -0.4 is 18.9 Å². The van der Waals surface area contributed by atoms with E-state index in [0.717, 1.165) is 27.4 Å². The molecule has 0 heterocycles. The fourth-order valence-corrected chi connectivity index (χ4v) is 4.30. The van der Waals surface area contributed by atoms with Crippen molar-refractivity contribution in [2.45, 2.75) is 23.9 Å². The Morgan fingerprint density at radius 2 is 0.789 bits per heavy atom. The van der Waals surface area contributed by atoms with Gasteiger partial charge in [-0.1, -0.05) is 111 Å². The molecule has 0 aromatic heterocycles. The van der Waals surface area contributed by atoms with Gasteiger partial charge in [0.1, 0.15) is 26.4 Å². The second-order valence-electron chi connectivity index (χ2n) is 8.70. The van der Waals surface area contributed by atoms with E-state index in [1.54, 1.807) is 0 Å². The van der Waals surface area contributed by atoms with E-state index in [2.05, 4.69) is 87.0 Å². The van der Waals surface area contributed by atoms with E-state index in [1.165, 1.54) is 11.1 Å². The summed E-state index contributed by atoms with van der Waals surface area (Å²) in [5.74, 6) is 2.71. The van der Waals surface area contributed by atoms with Crippen molar-refractivity contribution in [3.63, 3.8) is 0 Å². The predicted octanol–water partition coefficient (Wildman–Crippen LogP) is 8.65. The number of para-hydroxylation sites is 4. The van der Waals surface area contributed by atoms with Crippen molar-refractivity contribution in [2.75, 3.05) is 13.2 Å². The molecule has 0 aliphatic heterocycles. The van der Waals surface area contributed by atoms with Gasteiger partial charge in [0.2, 0.25) is 0 Å². The van der Waals surface area contributed by atoms with Gasteiger partial charge in [0, 0.05) is 10.7 Å².